The van der Waals surface area contributed by atoms with E-state index in [1.165, 1.54) is 12.8 Å². The minimum Gasteiger partial charge on any atom is -0.330 e. The van der Waals surface area contributed by atoms with Gasteiger partial charge in [0.2, 0.25) is 0 Å². The summed E-state index contributed by atoms with van der Waals surface area (Å²) >= 11 is 0. The molecule has 108 valence electrons. The van der Waals surface area contributed by atoms with Crippen molar-refractivity contribution in [1.29, 1.82) is 0 Å². The molecule has 0 aliphatic carbocycles. The van der Waals surface area contributed by atoms with Gasteiger partial charge in [-0.05, 0) is 24.9 Å². The van der Waals surface area contributed by atoms with E-state index in [0.29, 0.717) is 11.8 Å². The molecule has 0 heterocycles. The first-order valence-electron chi connectivity index (χ1n) is 5.72. The third-order valence-corrected chi connectivity index (χ3v) is 2.20. The summed E-state index contributed by atoms with van der Waals surface area (Å²) in [5.41, 5.74) is 10.6. The smallest absolute Gasteiger partial charge is 0.330 e. The first kappa shape index (κ1) is 22.0. The molecule has 2 unspecified atom stereocenters. The molecule has 0 rings (SSSR count). The molecule has 0 fully saturated rings. The Morgan fingerprint density at radius 3 is 1.12 bits per heavy atom. The lowest BCUT2D eigenvalue weighted by Crippen LogP contribution is -2.08. The summed E-state index contributed by atoms with van der Waals surface area (Å²) in [5, 5.41) is 0. The summed E-state index contributed by atoms with van der Waals surface area (Å²) in [6.45, 7) is 10.3. The van der Waals surface area contributed by atoms with Crippen molar-refractivity contribution in [1.82, 2.24) is 0 Å². The minimum absolute atomic E-state index is 0.713. The average Bonchev–Trinajstić information content (AvgIpc) is 2.25. The second-order valence-corrected chi connectivity index (χ2v) is 4.84. The van der Waals surface area contributed by atoms with E-state index in [4.69, 9.17) is 29.0 Å². The van der Waals surface area contributed by atoms with Crippen LogP contribution >= 0.6 is 0 Å². The van der Waals surface area contributed by atoms with Crippen LogP contribution in [0, 0.1) is 11.8 Å². The lowest BCUT2D eigenvalue weighted by Gasteiger charge is -1.98. The third kappa shape index (κ3) is 49.5. The standard InChI is InChI=1S/2C5H13N.H2O4S/c2*1-3-5(2)4-6;1-5(2,3)4/h2*5H,3-4,6H2,1-2H3;(H2,1,2,3,4). The first-order chi connectivity index (χ1) is 7.62. The molecular weight excluding hydrogens is 244 g/mol. The zero-order valence-electron chi connectivity index (χ0n) is 11.3. The Kier molecular flexibility index (Phi) is 17.9. The van der Waals surface area contributed by atoms with Crippen LogP contribution in [0.25, 0.3) is 0 Å². The number of hydrogen-bond acceptors (Lipinski definition) is 4. The fourth-order valence-electron chi connectivity index (χ4n) is 0.333. The van der Waals surface area contributed by atoms with Crippen LogP contribution in [0.2, 0.25) is 0 Å². The summed E-state index contributed by atoms with van der Waals surface area (Å²) in [7, 11) is -4.67. The van der Waals surface area contributed by atoms with Crippen LogP contribution in [0.4, 0.5) is 0 Å². The van der Waals surface area contributed by atoms with Crippen molar-refractivity contribution in [3.05, 3.63) is 0 Å². The maximum atomic E-state index is 8.74. The van der Waals surface area contributed by atoms with Crippen molar-refractivity contribution in [2.75, 3.05) is 13.1 Å². The van der Waals surface area contributed by atoms with E-state index in [0.717, 1.165) is 13.1 Å². The molecule has 7 heteroatoms. The van der Waals surface area contributed by atoms with Crippen molar-refractivity contribution in [3.63, 3.8) is 0 Å². The molecule has 0 aromatic heterocycles. The normalized spacial score (nSPS) is 13.6. The number of rotatable bonds is 4. The van der Waals surface area contributed by atoms with Gasteiger partial charge in [-0.3, -0.25) is 9.11 Å². The van der Waals surface area contributed by atoms with Gasteiger partial charge in [-0.1, -0.05) is 40.5 Å². The van der Waals surface area contributed by atoms with Gasteiger partial charge in [0.1, 0.15) is 0 Å². The fourth-order valence-corrected chi connectivity index (χ4v) is 0.333. The lowest BCUT2D eigenvalue weighted by atomic mass is 10.1. The van der Waals surface area contributed by atoms with Gasteiger partial charge >= 0.3 is 10.4 Å². The second-order valence-electron chi connectivity index (χ2n) is 3.95. The van der Waals surface area contributed by atoms with Crippen LogP contribution in [0.1, 0.15) is 40.5 Å². The molecule has 0 saturated heterocycles. The molecule has 6 nitrogen and oxygen atoms in total. The van der Waals surface area contributed by atoms with E-state index in [1.54, 1.807) is 0 Å². The fraction of sp³-hybridized carbons (Fsp3) is 1.00. The Labute approximate surface area is 105 Å². The summed E-state index contributed by atoms with van der Waals surface area (Å²) in [6, 6.07) is 0. The molecule has 0 aromatic rings. The molecule has 2 atom stereocenters. The quantitative estimate of drug-likeness (QED) is 0.572. The van der Waals surface area contributed by atoms with Crippen LogP contribution in [0.5, 0.6) is 0 Å². The Hall–Kier alpha value is -0.210. The van der Waals surface area contributed by atoms with E-state index < -0.39 is 10.4 Å². The lowest BCUT2D eigenvalue weighted by molar-refractivity contribution is 0.381. The Balaban J connectivity index is -0.000000174. The maximum Gasteiger partial charge on any atom is 0.394 e. The van der Waals surface area contributed by atoms with Crippen molar-refractivity contribution >= 4 is 10.4 Å². The van der Waals surface area contributed by atoms with Crippen molar-refractivity contribution in [3.8, 4) is 0 Å². The van der Waals surface area contributed by atoms with Crippen LogP contribution in [-0.4, -0.2) is 30.6 Å². The maximum absolute atomic E-state index is 8.74. The van der Waals surface area contributed by atoms with Gasteiger partial charge in [0.25, 0.3) is 0 Å². The molecule has 0 aromatic carbocycles. The van der Waals surface area contributed by atoms with Gasteiger partial charge in [0, 0.05) is 0 Å². The highest BCUT2D eigenvalue weighted by molar-refractivity contribution is 7.79. The van der Waals surface area contributed by atoms with Crippen LogP contribution < -0.4 is 11.5 Å². The van der Waals surface area contributed by atoms with Crippen LogP contribution in [0.15, 0.2) is 0 Å². The highest BCUT2D eigenvalue weighted by Gasteiger charge is 1.89. The highest BCUT2D eigenvalue weighted by atomic mass is 32.3. The molecule has 0 spiro atoms. The van der Waals surface area contributed by atoms with Gasteiger partial charge in [-0.25, -0.2) is 0 Å². The van der Waals surface area contributed by atoms with Crippen LogP contribution in [0.3, 0.4) is 0 Å². The molecule has 17 heavy (non-hydrogen) atoms. The average molecular weight is 272 g/mol. The van der Waals surface area contributed by atoms with E-state index in [1.807, 2.05) is 0 Å². The molecule has 0 radical (unpaired) electrons. The van der Waals surface area contributed by atoms with Gasteiger partial charge in [-0.15, -0.1) is 0 Å². The summed E-state index contributed by atoms with van der Waals surface area (Å²) in [6.07, 6.45) is 2.41. The van der Waals surface area contributed by atoms with Crippen molar-refractivity contribution in [2.24, 2.45) is 23.3 Å². The summed E-state index contributed by atoms with van der Waals surface area (Å²) < 4.78 is 31.6. The van der Waals surface area contributed by atoms with E-state index >= 15 is 0 Å². The largest absolute Gasteiger partial charge is 0.394 e. The zero-order chi connectivity index (χ0) is 14.5. The minimum atomic E-state index is -4.67. The predicted molar refractivity (Wildman–Crippen MR) is 71.2 cm³/mol. The topological polar surface area (TPSA) is 127 Å². The molecule has 0 bridgehead atoms. The molecule has 6 N–H and O–H groups in total. The van der Waals surface area contributed by atoms with Gasteiger partial charge in [0.15, 0.2) is 0 Å². The van der Waals surface area contributed by atoms with Crippen molar-refractivity contribution in [2.45, 2.75) is 40.5 Å². The van der Waals surface area contributed by atoms with E-state index in [2.05, 4.69) is 27.7 Å². The van der Waals surface area contributed by atoms with E-state index in [-0.39, 0.29) is 0 Å². The monoisotopic (exact) mass is 272 g/mol. The second kappa shape index (κ2) is 13.9. The predicted octanol–water partition coefficient (Wildman–Crippen LogP) is 1.33. The Morgan fingerprint density at radius 2 is 1.12 bits per heavy atom. The first-order valence-corrected chi connectivity index (χ1v) is 7.11. The molecule has 0 amide bonds. The third-order valence-electron chi connectivity index (χ3n) is 2.20. The molecule has 0 aliphatic heterocycles. The van der Waals surface area contributed by atoms with Crippen molar-refractivity contribution < 1.29 is 17.5 Å². The van der Waals surface area contributed by atoms with Gasteiger partial charge < -0.3 is 11.5 Å². The number of hydrogen-bond donors (Lipinski definition) is 4. The van der Waals surface area contributed by atoms with Gasteiger partial charge in [0.05, 0.1) is 0 Å². The Bertz CT molecular complexity index is 206. The SMILES string of the molecule is CCC(C)CN.CCC(C)CN.O=S(=O)(O)O. The summed E-state index contributed by atoms with van der Waals surface area (Å²) in [5.74, 6) is 1.43. The zero-order valence-corrected chi connectivity index (χ0v) is 12.1. The van der Waals surface area contributed by atoms with Gasteiger partial charge in [-0.2, -0.15) is 8.42 Å². The highest BCUT2D eigenvalue weighted by Crippen LogP contribution is 1.94. The molecule has 0 aliphatic rings. The van der Waals surface area contributed by atoms with E-state index in [9.17, 15) is 0 Å². The summed E-state index contributed by atoms with van der Waals surface area (Å²) in [4.78, 5) is 0. The molecule has 0 saturated carbocycles. The number of nitrogens with two attached hydrogens (primary N) is 2. The molecular formula is C10H28N2O4S. The van der Waals surface area contributed by atoms with Crippen LogP contribution in [-0.2, 0) is 10.4 Å². The Morgan fingerprint density at radius 1 is 0.941 bits per heavy atom.